The van der Waals surface area contributed by atoms with Crippen LogP contribution in [-0.4, -0.2) is 53.6 Å². The van der Waals surface area contributed by atoms with Crippen LogP contribution in [0.4, 0.5) is 15.9 Å². The van der Waals surface area contributed by atoms with Crippen molar-refractivity contribution in [3.05, 3.63) is 66.1 Å². The van der Waals surface area contributed by atoms with Gasteiger partial charge in [0, 0.05) is 35.9 Å². The first-order valence-electron chi connectivity index (χ1n) is 11.6. The van der Waals surface area contributed by atoms with E-state index in [0.717, 1.165) is 22.7 Å². The molecule has 178 valence electrons. The molecule has 2 aliphatic rings. The first-order valence-corrected chi connectivity index (χ1v) is 11.6. The number of carbonyl (C=O) groups is 2. The summed E-state index contributed by atoms with van der Waals surface area (Å²) < 4.78 is 19.6. The average Bonchev–Trinajstić information content (AvgIpc) is 3.26. The van der Waals surface area contributed by atoms with Gasteiger partial charge in [-0.1, -0.05) is 18.2 Å². The van der Waals surface area contributed by atoms with E-state index in [-0.39, 0.29) is 11.7 Å². The largest absolute Gasteiger partial charge is 0.365 e. The van der Waals surface area contributed by atoms with Crippen LogP contribution in [-0.2, 0) is 9.53 Å². The number of rotatable bonds is 3. The lowest BCUT2D eigenvalue weighted by Gasteiger charge is -2.47. The maximum absolute atomic E-state index is 13.7. The van der Waals surface area contributed by atoms with Gasteiger partial charge in [0.05, 0.1) is 29.6 Å². The van der Waals surface area contributed by atoms with Crippen molar-refractivity contribution in [3.8, 4) is 0 Å². The molecule has 0 bridgehead atoms. The molecule has 1 spiro atoms. The van der Waals surface area contributed by atoms with Crippen molar-refractivity contribution < 1.29 is 18.7 Å². The molecule has 3 N–H and O–H groups in total. The highest BCUT2D eigenvalue weighted by molar-refractivity contribution is 6.18. The number of nitrogens with two attached hydrogens (primary N) is 1. The zero-order valence-electron chi connectivity index (χ0n) is 19.0. The van der Waals surface area contributed by atoms with Crippen LogP contribution in [0.1, 0.15) is 23.2 Å². The minimum absolute atomic E-state index is 0.135. The third kappa shape index (κ3) is 3.42. The molecule has 4 aromatic rings. The summed E-state index contributed by atoms with van der Waals surface area (Å²) >= 11 is 0. The van der Waals surface area contributed by atoms with E-state index < -0.39 is 11.5 Å². The quantitative estimate of drug-likeness (QED) is 0.475. The number of nitrogens with one attached hydrogen (secondary N) is 1. The van der Waals surface area contributed by atoms with Gasteiger partial charge in [0.2, 0.25) is 0 Å². The summed E-state index contributed by atoms with van der Waals surface area (Å²) in [6, 6.07) is 13.7. The number of pyridine rings is 1. The zero-order valence-corrected chi connectivity index (χ0v) is 19.0. The average molecular weight is 474 g/mol. The number of carbonyl (C=O) groups excluding carboxylic acids is 2. The molecule has 0 saturated carbocycles. The van der Waals surface area contributed by atoms with Crippen molar-refractivity contribution in [2.24, 2.45) is 5.73 Å². The van der Waals surface area contributed by atoms with Gasteiger partial charge in [0.15, 0.2) is 5.60 Å². The minimum atomic E-state index is -1.03. The Labute approximate surface area is 200 Å². The Bertz CT molecular complexity index is 1460. The number of ether oxygens (including phenoxy) is 1. The molecular weight excluding hydrogens is 449 g/mol. The van der Waals surface area contributed by atoms with Gasteiger partial charge in [0.1, 0.15) is 11.6 Å². The predicted molar refractivity (Wildman–Crippen MR) is 131 cm³/mol. The first kappa shape index (κ1) is 21.5. The minimum Gasteiger partial charge on any atom is -0.365 e. The maximum atomic E-state index is 13.7. The fourth-order valence-corrected chi connectivity index (χ4v) is 5.36. The molecule has 2 aromatic heterocycles. The number of amides is 2. The lowest BCUT2D eigenvalue weighted by atomic mass is 9.89. The van der Waals surface area contributed by atoms with Gasteiger partial charge in [-0.25, -0.2) is 9.37 Å². The van der Waals surface area contributed by atoms with Crippen molar-refractivity contribution in [1.29, 1.82) is 0 Å². The monoisotopic (exact) mass is 473 g/mol. The molecular formula is C26H24FN5O3. The van der Waals surface area contributed by atoms with Crippen molar-refractivity contribution in [1.82, 2.24) is 9.97 Å². The second-order valence-corrected chi connectivity index (χ2v) is 9.08. The number of fused-ring (bicyclic) bond motifs is 3. The highest BCUT2D eigenvalue weighted by atomic mass is 19.1. The summed E-state index contributed by atoms with van der Waals surface area (Å²) in [5.74, 6) is -0.362. The molecule has 6 rings (SSSR count). The van der Waals surface area contributed by atoms with Crippen LogP contribution >= 0.6 is 0 Å². The molecule has 0 radical (unpaired) electrons. The molecule has 0 aliphatic carbocycles. The lowest BCUT2D eigenvalue weighted by molar-refractivity contribution is -0.151. The third-order valence-corrected chi connectivity index (χ3v) is 7.00. The number of primary amides is 1. The number of anilines is 2. The topological polar surface area (TPSA) is 105 Å². The third-order valence-electron chi connectivity index (χ3n) is 7.00. The number of benzene rings is 2. The van der Waals surface area contributed by atoms with Gasteiger partial charge >= 0.3 is 0 Å². The number of hydrogen-bond acceptors (Lipinski definition) is 5. The van der Waals surface area contributed by atoms with Crippen LogP contribution in [0.5, 0.6) is 0 Å². The number of piperidine rings is 1. The number of nitrogens with zero attached hydrogens (tertiary/aromatic N) is 3. The predicted octanol–water partition coefficient (Wildman–Crippen LogP) is 3.36. The van der Waals surface area contributed by atoms with E-state index in [9.17, 15) is 14.0 Å². The standard InChI is InChI=1S/C26H24FN5O3/c27-16-6-8-17(9-7-16)32-12-13-35-26(25(32)34)10-3-11-31(15-26)24-21-18-4-1-2-5-20(18)30-22(21)19(14-29-24)23(28)33/h1-2,4-9,14,30H,3,10-13,15H2,(H2,28,33). The van der Waals surface area contributed by atoms with Crippen LogP contribution in [0.15, 0.2) is 54.7 Å². The molecule has 9 heteroatoms. The van der Waals surface area contributed by atoms with Crippen LogP contribution in [0, 0.1) is 5.82 Å². The molecule has 1 atom stereocenters. The van der Waals surface area contributed by atoms with E-state index in [1.165, 1.54) is 18.3 Å². The fourth-order valence-electron chi connectivity index (χ4n) is 5.36. The summed E-state index contributed by atoms with van der Waals surface area (Å²) in [5, 5.41) is 1.73. The fraction of sp³-hybridized carbons (Fsp3) is 0.269. The van der Waals surface area contributed by atoms with Crippen molar-refractivity contribution in [2.75, 3.05) is 36.0 Å². The highest BCUT2D eigenvalue weighted by Crippen LogP contribution is 2.39. The lowest BCUT2D eigenvalue weighted by Crippen LogP contribution is -2.63. The Morgan fingerprint density at radius 1 is 1.14 bits per heavy atom. The molecule has 2 amide bonds. The molecule has 4 heterocycles. The number of para-hydroxylation sites is 1. The first-order chi connectivity index (χ1) is 17.0. The van der Waals surface area contributed by atoms with Crippen LogP contribution in [0.2, 0.25) is 0 Å². The van der Waals surface area contributed by atoms with Gasteiger partial charge in [-0.15, -0.1) is 0 Å². The Morgan fingerprint density at radius 2 is 1.94 bits per heavy atom. The van der Waals surface area contributed by atoms with Gasteiger partial charge < -0.3 is 25.3 Å². The van der Waals surface area contributed by atoms with Crippen LogP contribution < -0.4 is 15.5 Å². The van der Waals surface area contributed by atoms with Gasteiger partial charge in [0.25, 0.3) is 11.8 Å². The number of morpholine rings is 1. The molecule has 1 unspecified atom stereocenters. The Morgan fingerprint density at radius 3 is 2.74 bits per heavy atom. The van der Waals surface area contributed by atoms with E-state index in [1.54, 1.807) is 17.0 Å². The van der Waals surface area contributed by atoms with E-state index in [4.69, 9.17) is 10.5 Å². The smallest absolute Gasteiger partial charge is 0.261 e. The molecule has 2 aliphatic heterocycles. The summed E-state index contributed by atoms with van der Waals surface area (Å²) in [6.07, 6.45) is 2.80. The van der Waals surface area contributed by atoms with Gasteiger partial charge in [-0.05, 0) is 43.2 Å². The number of H-pyrrole nitrogens is 1. The number of hydrogen-bond donors (Lipinski definition) is 2. The SMILES string of the molecule is NC(=O)c1cnc(N2CCCC3(C2)OCCN(c2ccc(F)cc2)C3=O)c2c1[nH]c1ccccc12. The number of halogens is 1. The molecule has 2 aromatic carbocycles. The summed E-state index contributed by atoms with van der Waals surface area (Å²) in [5.41, 5.74) is 7.08. The maximum Gasteiger partial charge on any atom is 0.261 e. The second kappa shape index (κ2) is 8.06. The normalized spacial score (nSPS) is 20.8. The summed E-state index contributed by atoms with van der Waals surface area (Å²) in [4.78, 5) is 37.5. The van der Waals surface area contributed by atoms with E-state index in [0.29, 0.717) is 55.2 Å². The Kier molecular flexibility index (Phi) is 4.96. The molecule has 35 heavy (non-hydrogen) atoms. The van der Waals surface area contributed by atoms with Gasteiger partial charge in [-0.2, -0.15) is 0 Å². The number of aromatic nitrogens is 2. The summed E-state index contributed by atoms with van der Waals surface area (Å²) in [7, 11) is 0. The summed E-state index contributed by atoms with van der Waals surface area (Å²) in [6.45, 7) is 1.80. The highest BCUT2D eigenvalue weighted by Gasteiger charge is 2.49. The number of aromatic amines is 1. The van der Waals surface area contributed by atoms with Crippen molar-refractivity contribution in [3.63, 3.8) is 0 Å². The Balaban J connectivity index is 1.41. The Hall–Kier alpha value is -3.98. The van der Waals surface area contributed by atoms with E-state index >= 15 is 0 Å². The zero-order chi connectivity index (χ0) is 24.2. The van der Waals surface area contributed by atoms with Gasteiger partial charge in [-0.3, -0.25) is 9.59 Å². The molecule has 8 nitrogen and oxygen atoms in total. The van der Waals surface area contributed by atoms with Crippen molar-refractivity contribution in [2.45, 2.75) is 18.4 Å². The van der Waals surface area contributed by atoms with E-state index in [2.05, 4.69) is 14.9 Å². The molecule has 2 fully saturated rings. The molecule has 2 saturated heterocycles. The van der Waals surface area contributed by atoms with Crippen LogP contribution in [0.3, 0.4) is 0 Å². The van der Waals surface area contributed by atoms with E-state index in [1.807, 2.05) is 24.3 Å². The van der Waals surface area contributed by atoms with Crippen LogP contribution in [0.25, 0.3) is 21.8 Å². The second-order valence-electron chi connectivity index (χ2n) is 9.08. The van der Waals surface area contributed by atoms with Crippen molar-refractivity contribution >= 4 is 45.1 Å².